The highest BCUT2D eigenvalue weighted by molar-refractivity contribution is 5.92. The number of aliphatic hydroxyl groups is 1. The number of hydrogen-bond donors (Lipinski definition) is 3. The first-order valence-corrected chi connectivity index (χ1v) is 3.45. The largest absolute Gasteiger partial charge is 1.00 e. The molecule has 0 fully saturated rings. The van der Waals surface area contributed by atoms with Crippen LogP contribution in [0.4, 0.5) is 0 Å². The molecule has 0 aromatic carbocycles. The Morgan fingerprint density at radius 1 is 1.75 bits per heavy atom. The van der Waals surface area contributed by atoms with Crippen LogP contribution in [0.3, 0.4) is 0 Å². The zero-order valence-electron chi connectivity index (χ0n) is 7.35. The number of rotatable bonds is 3. The van der Waals surface area contributed by atoms with Gasteiger partial charge in [0.1, 0.15) is 0 Å². The number of amides is 1. The molecular formula is C7H15ClN2O2. The Labute approximate surface area is 78.2 Å². The molecule has 0 aliphatic carbocycles. The molecule has 72 valence electrons. The molecule has 0 aliphatic rings. The summed E-state index contributed by atoms with van der Waals surface area (Å²) in [6, 6.07) is 0. The summed E-state index contributed by atoms with van der Waals surface area (Å²) in [5, 5.41) is 11.6. The van der Waals surface area contributed by atoms with Crippen molar-refractivity contribution in [2.45, 2.75) is 26.1 Å². The normalized spacial score (nSPS) is 14.0. The number of nitrogens with one attached hydrogen (secondary N) is 1. The monoisotopic (exact) mass is 194 g/mol. The van der Waals surface area contributed by atoms with Crippen LogP contribution in [0.15, 0.2) is 12.2 Å². The minimum Gasteiger partial charge on any atom is -1.00 e. The van der Waals surface area contributed by atoms with E-state index in [1.165, 1.54) is 0 Å². The molecule has 0 spiro atoms. The van der Waals surface area contributed by atoms with Gasteiger partial charge in [-0.3, -0.25) is 10.1 Å². The number of carbonyl (C=O) groups excluding carboxylic acids is 1. The molecule has 1 amide bonds. The molecular weight excluding hydrogens is 180 g/mol. The molecule has 12 heavy (non-hydrogen) atoms. The lowest BCUT2D eigenvalue weighted by molar-refractivity contribution is -0.555. The van der Waals surface area contributed by atoms with Gasteiger partial charge in [0, 0.05) is 12.0 Å². The average molecular weight is 195 g/mol. The first-order valence-electron chi connectivity index (χ1n) is 3.45. The predicted molar refractivity (Wildman–Crippen MR) is 41.1 cm³/mol. The topological polar surface area (TPSA) is 77.0 Å². The summed E-state index contributed by atoms with van der Waals surface area (Å²) >= 11 is 0. The molecule has 0 aromatic rings. The minimum atomic E-state index is -1.37. The maximum absolute atomic E-state index is 10.9. The zero-order valence-corrected chi connectivity index (χ0v) is 8.11. The predicted octanol–water partition coefficient (Wildman–Crippen LogP) is -4.02. The van der Waals surface area contributed by atoms with Crippen LogP contribution in [0.2, 0.25) is 0 Å². The third kappa shape index (κ3) is 5.12. The highest BCUT2D eigenvalue weighted by Gasteiger charge is 2.24. The quantitative estimate of drug-likeness (QED) is 0.316. The molecule has 0 rings (SSSR count). The first-order chi connectivity index (χ1) is 4.89. The van der Waals surface area contributed by atoms with Gasteiger partial charge in [-0.15, -0.1) is 0 Å². The highest BCUT2D eigenvalue weighted by atomic mass is 35.5. The van der Waals surface area contributed by atoms with Crippen molar-refractivity contribution in [3.8, 4) is 0 Å². The van der Waals surface area contributed by atoms with E-state index in [-0.39, 0.29) is 18.3 Å². The van der Waals surface area contributed by atoms with Crippen molar-refractivity contribution in [3.63, 3.8) is 0 Å². The van der Waals surface area contributed by atoms with Crippen LogP contribution in [0.25, 0.3) is 0 Å². The van der Waals surface area contributed by atoms with Gasteiger partial charge < -0.3 is 23.2 Å². The highest BCUT2D eigenvalue weighted by Crippen LogP contribution is 1.95. The van der Waals surface area contributed by atoms with Crippen molar-refractivity contribution in [2.24, 2.45) is 0 Å². The minimum absolute atomic E-state index is 0. The molecule has 5 N–H and O–H groups in total. The summed E-state index contributed by atoms with van der Waals surface area (Å²) in [5.41, 5.74) is 3.75. The molecule has 0 radical (unpaired) electrons. The summed E-state index contributed by atoms with van der Waals surface area (Å²) < 4.78 is 0. The number of quaternary nitrogens is 1. The van der Waals surface area contributed by atoms with Gasteiger partial charge in [-0.05, 0) is 6.92 Å². The molecule has 0 saturated heterocycles. The van der Waals surface area contributed by atoms with Crippen LogP contribution in [0, 0.1) is 0 Å². The van der Waals surface area contributed by atoms with Gasteiger partial charge in [0.15, 0.2) is 0 Å². The Balaban J connectivity index is 0. The average Bonchev–Trinajstić information content (AvgIpc) is 1.87. The SMILES string of the molecule is C=C(C)C(=O)NC([NH3+])(O)CC.[Cl-]. The Kier molecular flexibility index (Phi) is 5.98. The van der Waals surface area contributed by atoms with Crippen LogP contribution in [0.1, 0.15) is 20.3 Å². The fourth-order valence-electron chi connectivity index (χ4n) is 0.406. The Hall–Kier alpha value is -0.580. The summed E-state index contributed by atoms with van der Waals surface area (Å²) in [5.74, 6) is -1.74. The van der Waals surface area contributed by atoms with E-state index in [0.717, 1.165) is 0 Å². The number of hydrogen-bond acceptors (Lipinski definition) is 2. The van der Waals surface area contributed by atoms with Gasteiger partial charge in [-0.25, -0.2) is 0 Å². The van der Waals surface area contributed by atoms with E-state index in [2.05, 4.69) is 17.6 Å². The van der Waals surface area contributed by atoms with Crippen molar-refractivity contribution in [1.29, 1.82) is 0 Å². The van der Waals surface area contributed by atoms with Gasteiger partial charge in [-0.1, -0.05) is 13.5 Å². The summed E-state index contributed by atoms with van der Waals surface area (Å²) in [6.45, 7) is 6.72. The summed E-state index contributed by atoms with van der Waals surface area (Å²) in [7, 11) is 0. The molecule has 0 saturated carbocycles. The Morgan fingerprint density at radius 2 is 2.17 bits per heavy atom. The van der Waals surface area contributed by atoms with E-state index in [9.17, 15) is 9.90 Å². The molecule has 0 aromatic heterocycles. The second-order valence-electron chi connectivity index (χ2n) is 2.62. The van der Waals surface area contributed by atoms with Crippen molar-refractivity contribution in [3.05, 3.63) is 12.2 Å². The van der Waals surface area contributed by atoms with Crippen molar-refractivity contribution >= 4 is 5.91 Å². The van der Waals surface area contributed by atoms with Crippen LogP contribution < -0.4 is 23.5 Å². The van der Waals surface area contributed by atoms with Crippen LogP contribution in [-0.2, 0) is 4.79 Å². The van der Waals surface area contributed by atoms with Gasteiger partial charge in [0.2, 0.25) is 0 Å². The smallest absolute Gasteiger partial charge is 0.279 e. The molecule has 4 nitrogen and oxygen atoms in total. The summed E-state index contributed by atoms with van der Waals surface area (Å²) in [4.78, 5) is 10.9. The molecule has 1 atom stereocenters. The fraction of sp³-hybridized carbons (Fsp3) is 0.571. The lowest BCUT2D eigenvalue weighted by atomic mass is 10.2. The Bertz CT molecular complexity index is 180. The second-order valence-corrected chi connectivity index (χ2v) is 2.62. The fourth-order valence-corrected chi connectivity index (χ4v) is 0.406. The lowest BCUT2D eigenvalue weighted by Gasteiger charge is -2.18. The maximum atomic E-state index is 10.9. The molecule has 0 aliphatic heterocycles. The van der Waals surface area contributed by atoms with E-state index in [0.29, 0.717) is 12.0 Å². The van der Waals surface area contributed by atoms with Crippen LogP contribution >= 0.6 is 0 Å². The van der Waals surface area contributed by atoms with E-state index in [1.54, 1.807) is 13.8 Å². The molecule has 1 unspecified atom stereocenters. The molecule has 5 heteroatoms. The zero-order chi connectivity index (χ0) is 9.07. The van der Waals surface area contributed by atoms with E-state index in [1.807, 2.05) is 0 Å². The summed E-state index contributed by atoms with van der Waals surface area (Å²) in [6.07, 6.45) is 0.367. The van der Waals surface area contributed by atoms with E-state index >= 15 is 0 Å². The lowest BCUT2D eigenvalue weighted by Crippen LogP contribution is -3.00. The first kappa shape index (κ1) is 14.0. The second kappa shape index (κ2) is 5.13. The van der Waals surface area contributed by atoms with E-state index < -0.39 is 5.85 Å². The number of halogens is 1. The van der Waals surface area contributed by atoms with Gasteiger partial charge >= 0.3 is 0 Å². The number of carbonyl (C=O) groups is 1. The van der Waals surface area contributed by atoms with Crippen LogP contribution in [0.5, 0.6) is 0 Å². The standard InChI is InChI=1S/C7H14N2O2.ClH/c1-4-7(8,11)9-6(10)5(2)3;/h11H,2,4,8H2,1,3H3,(H,9,10);1H. The van der Waals surface area contributed by atoms with E-state index in [4.69, 9.17) is 0 Å². The van der Waals surface area contributed by atoms with Crippen molar-refractivity contribution < 1.29 is 28.0 Å². The van der Waals surface area contributed by atoms with Gasteiger partial charge in [0.25, 0.3) is 11.8 Å². The van der Waals surface area contributed by atoms with Crippen molar-refractivity contribution in [2.75, 3.05) is 0 Å². The van der Waals surface area contributed by atoms with Gasteiger partial charge in [0.05, 0.1) is 0 Å². The Morgan fingerprint density at radius 3 is 2.42 bits per heavy atom. The van der Waals surface area contributed by atoms with Crippen molar-refractivity contribution in [1.82, 2.24) is 5.32 Å². The van der Waals surface area contributed by atoms with Gasteiger partial charge in [-0.2, -0.15) is 0 Å². The maximum Gasteiger partial charge on any atom is 0.279 e. The third-order valence-corrected chi connectivity index (χ3v) is 1.32. The molecule has 0 heterocycles. The third-order valence-electron chi connectivity index (χ3n) is 1.32. The van der Waals surface area contributed by atoms with Crippen LogP contribution in [-0.4, -0.2) is 16.9 Å². The molecule has 0 bridgehead atoms.